The second kappa shape index (κ2) is 4.04. The number of hydrogen-bond donors (Lipinski definition) is 0. The van der Waals surface area contributed by atoms with E-state index in [0.29, 0.717) is 17.6 Å². The molecule has 1 fully saturated rings. The standard InChI is InChI=1S/C11H15NO3/c1-3-4-8-9(11(13)14-2)15-10(12-8)7-5-6-7/h7H,3-6H2,1-2H3. The third-order valence-corrected chi connectivity index (χ3v) is 2.50. The molecule has 0 N–H and O–H groups in total. The molecule has 1 saturated carbocycles. The first kappa shape index (κ1) is 10.2. The smallest absolute Gasteiger partial charge is 0.375 e. The van der Waals surface area contributed by atoms with Crippen molar-refractivity contribution in [3.05, 3.63) is 17.3 Å². The highest BCUT2D eigenvalue weighted by Crippen LogP contribution is 2.40. The highest BCUT2D eigenvalue weighted by Gasteiger charge is 2.31. The summed E-state index contributed by atoms with van der Waals surface area (Å²) in [5, 5.41) is 0. The van der Waals surface area contributed by atoms with Crippen LogP contribution in [0.2, 0.25) is 0 Å². The number of ether oxygens (including phenoxy) is 1. The maximum atomic E-state index is 11.4. The van der Waals surface area contributed by atoms with E-state index in [0.717, 1.165) is 31.4 Å². The molecule has 1 aliphatic carbocycles. The first-order valence-electron chi connectivity index (χ1n) is 5.34. The topological polar surface area (TPSA) is 52.3 Å². The lowest BCUT2D eigenvalue weighted by atomic mass is 10.2. The fourth-order valence-electron chi connectivity index (χ4n) is 1.53. The van der Waals surface area contributed by atoms with E-state index in [4.69, 9.17) is 4.42 Å². The largest absolute Gasteiger partial charge is 0.463 e. The predicted octanol–water partition coefficient (Wildman–Crippen LogP) is 2.29. The van der Waals surface area contributed by atoms with E-state index in [1.165, 1.54) is 7.11 Å². The molecule has 82 valence electrons. The zero-order valence-electron chi connectivity index (χ0n) is 9.08. The minimum atomic E-state index is -0.419. The van der Waals surface area contributed by atoms with Crippen LogP contribution in [0.1, 0.15) is 54.2 Å². The lowest BCUT2D eigenvalue weighted by Gasteiger charge is -1.96. The first-order chi connectivity index (χ1) is 7.26. The van der Waals surface area contributed by atoms with Gasteiger partial charge in [0.2, 0.25) is 5.76 Å². The van der Waals surface area contributed by atoms with Crippen molar-refractivity contribution in [1.82, 2.24) is 4.98 Å². The third-order valence-electron chi connectivity index (χ3n) is 2.50. The van der Waals surface area contributed by atoms with Gasteiger partial charge in [-0.2, -0.15) is 0 Å². The Morgan fingerprint density at radius 2 is 2.33 bits per heavy atom. The van der Waals surface area contributed by atoms with Crippen molar-refractivity contribution in [2.24, 2.45) is 0 Å². The van der Waals surface area contributed by atoms with Crippen molar-refractivity contribution in [3.63, 3.8) is 0 Å². The zero-order chi connectivity index (χ0) is 10.8. The normalized spacial score (nSPS) is 15.3. The third kappa shape index (κ3) is 2.03. The Kier molecular flexibility index (Phi) is 2.75. The van der Waals surface area contributed by atoms with E-state index >= 15 is 0 Å². The van der Waals surface area contributed by atoms with Crippen LogP contribution in [0, 0.1) is 0 Å². The number of oxazole rings is 1. The molecule has 0 bridgehead atoms. The van der Waals surface area contributed by atoms with Crippen molar-refractivity contribution in [3.8, 4) is 0 Å². The molecule has 0 atom stereocenters. The summed E-state index contributed by atoms with van der Waals surface area (Å²) >= 11 is 0. The second-order valence-corrected chi connectivity index (χ2v) is 3.84. The molecule has 0 saturated heterocycles. The zero-order valence-corrected chi connectivity index (χ0v) is 9.08. The summed E-state index contributed by atoms with van der Waals surface area (Å²) in [6.07, 6.45) is 3.95. The number of carbonyl (C=O) groups excluding carboxylic acids is 1. The van der Waals surface area contributed by atoms with Gasteiger partial charge in [0.25, 0.3) is 0 Å². The molecule has 2 rings (SSSR count). The van der Waals surface area contributed by atoms with Gasteiger partial charge in [-0.15, -0.1) is 0 Å². The monoisotopic (exact) mass is 209 g/mol. The quantitative estimate of drug-likeness (QED) is 0.714. The van der Waals surface area contributed by atoms with Crippen LogP contribution in [0.4, 0.5) is 0 Å². The Balaban J connectivity index is 2.27. The van der Waals surface area contributed by atoms with Crippen molar-refractivity contribution in [1.29, 1.82) is 0 Å². The first-order valence-corrected chi connectivity index (χ1v) is 5.34. The molecule has 15 heavy (non-hydrogen) atoms. The van der Waals surface area contributed by atoms with Crippen LogP contribution in [0.15, 0.2) is 4.42 Å². The number of rotatable bonds is 4. The van der Waals surface area contributed by atoms with Crippen LogP contribution in [0.3, 0.4) is 0 Å². The summed E-state index contributed by atoms with van der Waals surface area (Å²) in [5.41, 5.74) is 0.742. The molecule has 1 aromatic rings. The number of nitrogens with zero attached hydrogens (tertiary/aromatic N) is 1. The molecule has 4 heteroatoms. The highest BCUT2D eigenvalue weighted by molar-refractivity contribution is 5.87. The van der Waals surface area contributed by atoms with E-state index < -0.39 is 5.97 Å². The molecule has 1 aliphatic rings. The van der Waals surface area contributed by atoms with Gasteiger partial charge < -0.3 is 9.15 Å². The van der Waals surface area contributed by atoms with Gasteiger partial charge in [-0.1, -0.05) is 13.3 Å². The van der Waals surface area contributed by atoms with Crippen LogP contribution in [-0.2, 0) is 11.2 Å². The minimum absolute atomic E-state index is 0.293. The molecule has 1 heterocycles. The molecule has 0 aliphatic heterocycles. The van der Waals surface area contributed by atoms with E-state index in [9.17, 15) is 4.79 Å². The summed E-state index contributed by atoms with van der Waals surface area (Å²) < 4.78 is 10.1. The van der Waals surface area contributed by atoms with Gasteiger partial charge in [-0.3, -0.25) is 0 Å². The Morgan fingerprint density at radius 1 is 1.60 bits per heavy atom. The van der Waals surface area contributed by atoms with E-state index in [2.05, 4.69) is 9.72 Å². The Hall–Kier alpha value is -1.32. The Morgan fingerprint density at radius 3 is 2.87 bits per heavy atom. The lowest BCUT2D eigenvalue weighted by molar-refractivity contribution is 0.0561. The average Bonchev–Trinajstić information content (AvgIpc) is 3.00. The fraction of sp³-hybridized carbons (Fsp3) is 0.636. The van der Waals surface area contributed by atoms with Crippen LogP contribution < -0.4 is 0 Å². The van der Waals surface area contributed by atoms with E-state index in [1.807, 2.05) is 6.92 Å². The molecule has 0 spiro atoms. The molecule has 0 unspecified atom stereocenters. The summed E-state index contributed by atoms with van der Waals surface area (Å²) in [5.74, 6) is 1.01. The molecular weight excluding hydrogens is 194 g/mol. The van der Waals surface area contributed by atoms with Gasteiger partial charge in [-0.05, 0) is 19.3 Å². The van der Waals surface area contributed by atoms with Gasteiger partial charge in [0.1, 0.15) is 0 Å². The van der Waals surface area contributed by atoms with Crippen molar-refractivity contribution in [2.75, 3.05) is 7.11 Å². The highest BCUT2D eigenvalue weighted by atomic mass is 16.5. The summed E-state index contributed by atoms with van der Waals surface area (Å²) in [7, 11) is 1.36. The Labute approximate surface area is 88.6 Å². The number of aromatic nitrogens is 1. The van der Waals surface area contributed by atoms with Crippen molar-refractivity contribution >= 4 is 5.97 Å². The van der Waals surface area contributed by atoms with Gasteiger partial charge in [0.15, 0.2) is 5.89 Å². The van der Waals surface area contributed by atoms with E-state index in [-0.39, 0.29) is 0 Å². The minimum Gasteiger partial charge on any atom is -0.463 e. The number of hydrogen-bond acceptors (Lipinski definition) is 4. The second-order valence-electron chi connectivity index (χ2n) is 3.84. The summed E-state index contributed by atoms with van der Waals surface area (Å²) in [6.45, 7) is 2.05. The molecular formula is C11H15NO3. The SMILES string of the molecule is CCCc1nc(C2CC2)oc1C(=O)OC. The fourth-order valence-corrected chi connectivity index (χ4v) is 1.53. The van der Waals surface area contributed by atoms with Gasteiger partial charge in [0.05, 0.1) is 12.8 Å². The predicted molar refractivity (Wildman–Crippen MR) is 53.8 cm³/mol. The van der Waals surface area contributed by atoms with Crippen LogP contribution in [-0.4, -0.2) is 18.1 Å². The molecule has 0 aromatic carbocycles. The van der Waals surface area contributed by atoms with Gasteiger partial charge >= 0.3 is 5.97 Å². The number of carbonyl (C=O) groups is 1. The van der Waals surface area contributed by atoms with Crippen molar-refractivity contribution < 1.29 is 13.9 Å². The summed E-state index contributed by atoms with van der Waals surface area (Å²) in [4.78, 5) is 15.8. The number of esters is 1. The molecule has 1 aromatic heterocycles. The van der Waals surface area contributed by atoms with Crippen LogP contribution >= 0.6 is 0 Å². The van der Waals surface area contributed by atoms with Gasteiger partial charge in [-0.25, -0.2) is 9.78 Å². The van der Waals surface area contributed by atoms with Crippen LogP contribution in [0.5, 0.6) is 0 Å². The molecule has 4 nitrogen and oxygen atoms in total. The van der Waals surface area contributed by atoms with E-state index in [1.54, 1.807) is 0 Å². The van der Waals surface area contributed by atoms with Crippen molar-refractivity contribution in [2.45, 2.75) is 38.5 Å². The maximum Gasteiger partial charge on any atom is 0.375 e. The molecule has 0 amide bonds. The molecule has 0 radical (unpaired) electrons. The Bertz CT molecular complexity index is 366. The number of methoxy groups -OCH3 is 1. The maximum absolute atomic E-state index is 11.4. The summed E-state index contributed by atoms with van der Waals surface area (Å²) in [6, 6.07) is 0. The average molecular weight is 209 g/mol. The van der Waals surface area contributed by atoms with Gasteiger partial charge in [0, 0.05) is 5.92 Å². The lowest BCUT2D eigenvalue weighted by Crippen LogP contribution is -2.03. The number of aryl methyl sites for hydroxylation is 1. The van der Waals surface area contributed by atoms with Crippen LogP contribution in [0.25, 0.3) is 0 Å².